The van der Waals surface area contributed by atoms with Crippen molar-refractivity contribution in [1.82, 2.24) is 10.2 Å². The van der Waals surface area contributed by atoms with Crippen LogP contribution in [0.15, 0.2) is 42.5 Å². The largest absolute Gasteiger partial charge is 0.352 e. The molecular formula is C25H34N4O6S. The van der Waals surface area contributed by atoms with E-state index in [1.807, 2.05) is 45.0 Å². The van der Waals surface area contributed by atoms with Crippen LogP contribution in [0.25, 0.3) is 0 Å². The van der Waals surface area contributed by atoms with Crippen LogP contribution in [0, 0.1) is 24.0 Å². The van der Waals surface area contributed by atoms with Crippen molar-refractivity contribution in [2.75, 3.05) is 17.1 Å². The smallest absolute Gasteiger partial charge is 0.271 e. The first-order valence-electron chi connectivity index (χ1n) is 11.6. The van der Waals surface area contributed by atoms with Gasteiger partial charge < -0.3 is 10.2 Å². The Morgan fingerprint density at radius 1 is 1.08 bits per heavy atom. The van der Waals surface area contributed by atoms with Gasteiger partial charge in [-0.3, -0.25) is 24.0 Å². The highest BCUT2D eigenvalue weighted by Crippen LogP contribution is 2.28. The van der Waals surface area contributed by atoms with E-state index in [9.17, 15) is 28.1 Å². The van der Waals surface area contributed by atoms with Crippen molar-refractivity contribution in [3.8, 4) is 0 Å². The van der Waals surface area contributed by atoms with Gasteiger partial charge in [-0.25, -0.2) is 8.42 Å². The molecule has 2 atom stereocenters. The maximum Gasteiger partial charge on any atom is 0.271 e. The highest BCUT2D eigenvalue weighted by atomic mass is 32.2. The Labute approximate surface area is 212 Å². The lowest BCUT2D eigenvalue weighted by molar-refractivity contribution is -0.384. The van der Waals surface area contributed by atoms with Crippen molar-refractivity contribution < 1.29 is 22.9 Å². The lowest BCUT2D eigenvalue weighted by atomic mass is 10.1. The summed E-state index contributed by atoms with van der Waals surface area (Å²) < 4.78 is 26.3. The first kappa shape index (κ1) is 28.8. The number of non-ortho nitro benzene ring substituents is 1. The number of nitrogens with one attached hydrogen (secondary N) is 1. The van der Waals surface area contributed by atoms with Crippen LogP contribution in [-0.4, -0.2) is 54.9 Å². The van der Waals surface area contributed by atoms with Crippen LogP contribution in [-0.2, 0) is 26.2 Å². The molecule has 196 valence electrons. The van der Waals surface area contributed by atoms with Crippen LogP contribution < -0.4 is 9.62 Å². The Hall–Kier alpha value is -3.47. The third-order valence-electron chi connectivity index (χ3n) is 6.12. The molecule has 2 rings (SSSR count). The van der Waals surface area contributed by atoms with E-state index in [4.69, 9.17) is 0 Å². The molecule has 0 heterocycles. The summed E-state index contributed by atoms with van der Waals surface area (Å²) in [6.07, 6.45) is 1.64. The van der Waals surface area contributed by atoms with Crippen molar-refractivity contribution >= 4 is 33.2 Å². The Kier molecular flexibility index (Phi) is 9.57. The first-order chi connectivity index (χ1) is 16.8. The molecule has 0 unspecified atom stereocenters. The fourth-order valence-corrected chi connectivity index (χ4v) is 4.49. The molecule has 0 bridgehead atoms. The topological polar surface area (TPSA) is 130 Å². The number of hydrogen-bond donors (Lipinski definition) is 1. The van der Waals surface area contributed by atoms with Crippen LogP contribution >= 0.6 is 0 Å². The molecule has 0 aliphatic heterocycles. The summed E-state index contributed by atoms with van der Waals surface area (Å²) in [5.41, 5.74) is 1.92. The Morgan fingerprint density at radius 3 is 2.28 bits per heavy atom. The number of nitrogens with zero attached hydrogens (tertiary/aromatic N) is 3. The number of aryl methyl sites for hydroxylation is 2. The molecule has 2 aromatic rings. The lowest BCUT2D eigenvalue weighted by Gasteiger charge is -2.32. The Morgan fingerprint density at radius 2 is 1.72 bits per heavy atom. The van der Waals surface area contributed by atoms with Crippen molar-refractivity contribution in [2.45, 2.75) is 59.7 Å². The molecule has 0 aliphatic rings. The van der Waals surface area contributed by atoms with Crippen molar-refractivity contribution in [2.24, 2.45) is 0 Å². The molecule has 2 aromatic carbocycles. The number of nitro benzene ring substituents is 1. The minimum atomic E-state index is -4.00. The number of carbonyl (C=O) groups excluding carboxylic acids is 2. The molecule has 0 aromatic heterocycles. The third kappa shape index (κ3) is 7.27. The van der Waals surface area contributed by atoms with Gasteiger partial charge in [-0.15, -0.1) is 0 Å². The van der Waals surface area contributed by atoms with E-state index in [1.165, 1.54) is 17.0 Å². The number of carbonyl (C=O) groups is 2. The van der Waals surface area contributed by atoms with Gasteiger partial charge in [0.15, 0.2) is 0 Å². The zero-order chi connectivity index (χ0) is 27.2. The fraction of sp³-hybridized carbons (Fsp3) is 0.440. The molecule has 0 spiro atoms. The van der Waals surface area contributed by atoms with Crippen LogP contribution in [0.1, 0.15) is 43.9 Å². The van der Waals surface area contributed by atoms with E-state index in [0.717, 1.165) is 27.8 Å². The zero-order valence-corrected chi connectivity index (χ0v) is 22.3. The molecule has 0 aliphatic carbocycles. The van der Waals surface area contributed by atoms with E-state index in [1.54, 1.807) is 13.8 Å². The number of nitro groups is 1. The van der Waals surface area contributed by atoms with Gasteiger partial charge in [-0.05, 0) is 50.8 Å². The van der Waals surface area contributed by atoms with Crippen LogP contribution in [0.4, 0.5) is 11.4 Å². The van der Waals surface area contributed by atoms with Gasteiger partial charge in [0, 0.05) is 24.7 Å². The summed E-state index contributed by atoms with van der Waals surface area (Å²) in [6, 6.07) is 10.3. The number of anilines is 1. The SMILES string of the molecule is CC[C@H](C)NC(=O)[C@H](C)N(Cc1ccccc1C)C(=O)CN(c1cc([N+](=O)[O-])ccc1C)S(C)(=O)=O. The second-order valence-corrected chi connectivity index (χ2v) is 10.8. The standard InChI is InChI=1S/C25H34N4O6S/c1-7-19(4)26-25(31)20(5)27(15-21-11-9-8-10-17(21)2)24(30)16-28(36(6,34)35)23-14-22(29(32)33)13-12-18(23)3/h8-14,19-20H,7,15-16H2,1-6H3,(H,26,31)/t19-,20-/m0/s1. The number of hydrogen-bond acceptors (Lipinski definition) is 6. The average Bonchev–Trinajstić information content (AvgIpc) is 2.80. The lowest BCUT2D eigenvalue weighted by Crippen LogP contribution is -2.52. The Bertz CT molecular complexity index is 1230. The first-order valence-corrected chi connectivity index (χ1v) is 13.5. The van der Waals surface area contributed by atoms with Crippen molar-refractivity contribution in [3.63, 3.8) is 0 Å². The molecule has 36 heavy (non-hydrogen) atoms. The quantitative estimate of drug-likeness (QED) is 0.359. The number of benzene rings is 2. The molecule has 0 fully saturated rings. The van der Waals surface area contributed by atoms with Gasteiger partial charge in [-0.1, -0.05) is 37.3 Å². The van der Waals surface area contributed by atoms with Crippen LogP contribution in [0.5, 0.6) is 0 Å². The van der Waals surface area contributed by atoms with Crippen molar-refractivity contribution in [1.29, 1.82) is 0 Å². The van der Waals surface area contributed by atoms with Gasteiger partial charge in [-0.2, -0.15) is 0 Å². The van der Waals surface area contributed by atoms with Gasteiger partial charge in [0.2, 0.25) is 21.8 Å². The minimum absolute atomic E-state index is 0.0348. The summed E-state index contributed by atoms with van der Waals surface area (Å²) >= 11 is 0. The number of sulfonamides is 1. The summed E-state index contributed by atoms with van der Waals surface area (Å²) in [6.45, 7) is 8.34. The van der Waals surface area contributed by atoms with Gasteiger partial charge in [0.05, 0.1) is 16.9 Å². The molecule has 1 N–H and O–H groups in total. The van der Waals surface area contributed by atoms with E-state index in [2.05, 4.69) is 5.32 Å². The van der Waals surface area contributed by atoms with Crippen LogP contribution in [0.3, 0.4) is 0 Å². The van der Waals surface area contributed by atoms with Gasteiger partial charge in [0.25, 0.3) is 5.69 Å². The molecule has 0 saturated carbocycles. The average molecular weight is 519 g/mol. The maximum atomic E-state index is 13.6. The maximum absolute atomic E-state index is 13.6. The summed E-state index contributed by atoms with van der Waals surface area (Å²) in [7, 11) is -4.00. The molecule has 11 heteroatoms. The Balaban J connectivity index is 2.49. The normalized spacial score (nSPS) is 12.9. The molecule has 0 radical (unpaired) electrons. The van der Waals surface area contributed by atoms with Crippen LogP contribution in [0.2, 0.25) is 0 Å². The van der Waals surface area contributed by atoms with E-state index < -0.39 is 33.4 Å². The number of rotatable bonds is 11. The summed E-state index contributed by atoms with van der Waals surface area (Å²) in [4.78, 5) is 38.6. The molecule has 2 amide bonds. The highest BCUT2D eigenvalue weighted by molar-refractivity contribution is 7.92. The summed E-state index contributed by atoms with van der Waals surface area (Å²) in [5.74, 6) is -0.967. The molecule has 10 nitrogen and oxygen atoms in total. The van der Waals surface area contributed by atoms with E-state index in [-0.39, 0.29) is 29.9 Å². The molecule has 0 saturated heterocycles. The fourth-order valence-electron chi connectivity index (χ4n) is 3.59. The van der Waals surface area contributed by atoms with E-state index in [0.29, 0.717) is 12.0 Å². The monoisotopic (exact) mass is 518 g/mol. The summed E-state index contributed by atoms with van der Waals surface area (Å²) in [5, 5.41) is 14.2. The minimum Gasteiger partial charge on any atom is -0.352 e. The number of amides is 2. The second-order valence-electron chi connectivity index (χ2n) is 8.94. The van der Waals surface area contributed by atoms with E-state index >= 15 is 0 Å². The zero-order valence-electron chi connectivity index (χ0n) is 21.5. The third-order valence-corrected chi connectivity index (χ3v) is 7.25. The predicted octanol–water partition coefficient (Wildman–Crippen LogP) is 3.31. The van der Waals surface area contributed by atoms with Gasteiger partial charge >= 0.3 is 0 Å². The highest BCUT2D eigenvalue weighted by Gasteiger charge is 2.31. The second kappa shape index (κ2) is 12.0. The molecular weight excluding hydrogens is 484 g/mol. The predicted molar refractivity (Wildman–Crippen MR) is 139 cm³/mol. The van der Waals surface area contributed by atoms with Crippen molar-refractivity contribution in [3.05, 3.63) is 69.3 Å². The van der Waals surface area contributed by atoms with Gasteiger partial charge in [0.1, 0.15) is 12.6 Å².